The fourth-order valence-electron chi connectivity index (χ4n) is 1.45. The van der Waals surface area contributed by atoms with Crippen LogP contribution in [0.5, 0.6) is 5.75 Å². The Kier molecular flexibility index (Phi) is 4.90. The van der Waals surface area contributed by atoms with Crippen molar-refractivity contribution in [3.8, 4) is 5.75 Å². The van der Waals surface area contributed by atoms with E-state index >= 15 is 0 Å². The number of benzene rings is 1. The second kappa shape index (κ2) is 6.20. The highest BCUT2D eigenvalue weighted by Crippen LogP contribution is 2.19. The van der Waals surface area contributed by atoms with Crippen LogP contribution in [0.1, 0.15) is 12.0 Å². The molecular weight excluding hydrogens is 223 g/mol. The fourth-order valence-corrected chi connectivity index (χ4v) is 1.45. The first-order valence-electron chi connectivity index (χ1n) is 5.40. The molecule has 0 spiro atoms. The minimum absolute atomic E-state index is 0.198. The zero-order valence-electron chi connectivity index (χ0n) is 10.00. The van der Waals surface area contributed by atoms with Crippen molar-refractivity contribution >= 4 is 5.91 Å². The van der Waals surface area contributed by atoms with Crippen LogP contribution in [0.4, 0.5) is 4.39 Å². The lowest BCUT2D eigenvalue weighted by atomic mass is 10.2. The summed E-state index contributed by atoms with van der Waals surface area (Å²) in [5.74, 6) is -0.613. The van der Waals surface area contributed by atoms with Crippen LogP contribution in [0.25, 0.3) is 0 Å². The van der Waals surface area contributed by atoms with Gasteiger partial charge in [-0.05, 0) is 25.6 Å². The third-order valence-electron chi connectivity index (χ3n) is 2.51. The summed E-state index contributed by atoms with van der Waals surface area (Å²) in [6.45, 7) is 1.90. The average Bonchev–Trinajstić information content (AvgIpc) is 2.29. The summed E-state index contributed by atoms with van der Waals surface area (Å²) in [6.07, 6.45) is 0.402. The summed E-state index contributed by atoms with van der Waals surface area (Å²) in [6, 6.07) is 4.49. The minimum Gasteiger partial charge on any atom is -0.490 e. The SMILES string of the molecule is CNC(CCOc1cccc(C)c1F)C(N)=O. The van der Waals surface area contributed by atoms with Gasteiger partial charge in [-0.25, -0.2) is 4.39 Å². The number of halogens is 1. The van der Waals surface area contributed by atoms with Crippen molar-refractivity contribution in [2.24, 2.45) is 5.73 Å². The van der Waals surface area contributed by atoms with Gasteiger partial charge in [-0.2, -0.15) is 0 Å². The van der Waals surface area contributed by atoms with E-state index in [1.807, 2.05) is 0 Å². The molecule has 0 aliphatic heterocycles. The van der Waals surface area contributed by atoms with E-state index in [9.17, 15) is 9.18 Å². The lowest BCUT2D eigenvalue weighted by Gasteiger charge is -2.13. The summed E-state index contributed by atoms with van der Waals surface area (Å²) in [5.41, 5.74) is 5.68. The number of likely N-dealkylation sites (N-methyl/N-ethyl adjacent to an activating group) is 1. The molecule has 0 radical (unpaired) electrons. The predicted octanol–water partition coefficient (Wildman–Crippen LogP) is 0.976. The number of aryl methyl sites for hydroxylation is 1. The number of nitrogens with one attached hydrogen (secondary N) is 1. The number of ether oxygens (including phenoxy) is 1. The number of rotatable bonds is 6. The van der Waals surface area contributed by atoms with Crippen LogP contribution in [0.3, 0.4) is 0 Å². The normalized spacial score (nSPS) is 12.2. The van der Waals surface area contributed by atoms with Gasteiger partial charge in [0.1, 0.15) is 0 Å². The lowest BCUT2D eigenvalue weighted by molar-refractivity contribution is -0.120. The van der Waals surface area contributed by atoms with Crippen LogP contribution in [-0.2, 0) is 4.79 Å². The molecule has 0 aromatic heterocycles. The maximum atomic E-state index is 13.5. The molecule has 0 heterocycles. The minimum atomic E-state index is -0.456. The summed E-state index contributed by atoms with van der Waals surface area (Å²) in [4.78, 5) is 10.9. The molecule has 0 saturated carbocycles. The number of amides is 1. The molecule has 0 bridgehead atoms. The van der Waals surface area contributed by atoms with Gasteiger partial charge < -0.3 is 15.8 Å². The first-order chi connectivity index (χ1) is 8.06. The van der Waals surface area contributed by atoms with Crippen molar-refractivity contribution in [2.45, 2.75) is 19.4 Å². The molecule has 0 saturated heterocycles. The average molecular weight is 240 g/mol. The molecule has 1 unspecified atom stereocenters. The van der Waals surface area contributed by atoms with E-state index < -0.39 is 11.9 Å². The van der Waals surface area contributed by atoms with Gasteiger partial charge in [0.15, 0.2) is 11.6 Å². The molecule has 0 aliphatic carbocycles. The van der Waals surface area contributed by atoms with E-state index in [1.54, 1.807) is 32.2 Å². The Hall–Kier alpha value is -1.62. The fraction of sp³-hybridized carbons (Fsp3) is 0.417. The van der Waals surface area contributed by atoms with Crippen molar-refractivity contribution in [3.05, 3.63) is 29.6 Å². The van der Waals surface area contributed by atoms with Gasteiger partial charge in [0.05, 0.1) is 12.6 Å². The summed E-state index contributed by atoms with van der Waals surface area (Å²) in [7, 11) is 1.64. The van der Waals surface area contributed by atoms with Crippen LogP contribution in [0.15, 0.2) is 18.2 Å². The number of hydrogen-bond acceptors (Lipinski definition) is 3. The van der Waals surface area contributed by atoms with Crippen molar-refractivity contribution in [3.63, 3.8) is 0 Å². The maximum Gasteiger partial charge on any atom is 0.234 e. The molecule has 1 aromatic carbocycles. The molecule has 94 valence electrons. The van der Waals surface area contributed by atoms with Gasteiger partial charge in [-0.15, -0.1) is 0 Å². The smallest absolute Gasteiger partial charge is 0.234 e. The van der Waals surface area contributed by atoms with E-state index in [0.717, 1.165) is 0 Å². The molecular formula is C12H17FN2O2. The third kappa shape index (κ3) is 3.71. The number of primary amides is 1. The molecule has 1 amide bonds. The number of hydrogen-bond donors (Lipinski definition) is 2. The van der Waals surface area contributed by atoms with Crippen LogP contribution in [0.2, 0.25) is 0 Å². The first kappa shape index (κ1) is 13.4. The quantitative estimate of drug-likeness (QED) is 0.779. The van der Waals surface area contributed by atoms with Gasteiger partial charge in [0.25, 0.3) is 0 Å². The highest BCUT2D eigenvalue weighted by atomic mass is 19.1. The molecule has 1 aromatic rings. The van der Waals surface area contributed by atoms with Gasteiger partial charge in [-0.3, -0.25) is 4.79 Å². The lowest BCUT2D eigenvalue weighted by Crippen LogP contribution is -2.40. The van der Waals surface area contributed by atoms with Crippen molar-refractivity contribution in [1.29, 1.82) is 0 Å². The first-order valence-corrected chi connectivity index (χ1v) is 5.40. The van der Waals surface area contributed by atoms with E-state index in [4.69, 9.17) is 10.5 Å². The van der Waals surface area contributed by atoms with E-state index in [0.29, 0.717) is 12.0 Å². The summed E-state index contributed by atoms with van der Waals surface area (Å²) >= 11 is 0. The zero-order valence-corrected chi connectivity index (χ0v) is 10.00. The molecule has 0 fully saturated rings. The van der Waals surface area contributed by atoms with E-state index in [1.165, 1.54) is 0 Å². The van der Waals surface area contributed by atoms with Gasteiger partial charge in [-0.1, -0.05) is 12.1 Å². The third-order valence-corrected chi connectivity index (χ3v) is 2.51. The Labute approximate surface area is 100.0 Å². The Morgan fingerprint density at radius 2 is 2.29 bits per heavy atom. The van der Waals surface area contributed by atoms with Crippen LogP contribution < -0.4 is 15.8 Å². The van der Waals surface area contributed by atoms with Crippen molar-refractivity contribution < 1.29 is 13.9 Å². The Morgan fingerprint density at radius 1 is 1.59 bits per heavy atom. The molecule has 5 heteroatoms. The zero-order chi connectivity index (χ0) is 12.8. The second-order valence-corrected chi connectivity index (χ2v) is 3.77. The Balaban J connectivity index is 2.51. The highest BCUT2D eigenvalue weighted by molar-refractivity contribution is 5.79. The number of carbonyl (C=O) groups excluding carboxylic acids is 1. The van der Waals surface area contributed by atoms with Crippen molar-refractivity contribution in [1.82, 2.24) is 5.32 Å². The predicted molar refractivity (Wildman–Crippen MR) is 63.3 cm³/mol. The standard InChI is InChI=1S/C12H17FN2O2/c1-8-4-3-5-10(11(8)13)17-7-6-9(15-2)12(14)16/h3-5,9,15H,6-7H2,1-2H3,(H2,14,16). The van der Waals surface area contributed by atoms with Gasteiger partial charge in [0, 0.05) is 6.42 Å². The molecule has 4 nitrogen and oxygen atoms in total. The van der Waals surface area contributed by atoms with Crippen LogP contribution >= 0.6 is 0 Å². The second-order valence-electron chi connectivity index (χ2n) is 3.77. The number of nitrogens with two attached hydrogens (primary N) is 1. The molecule has 0 aliphatic rings. The van der Waals surface area contributed by atoms with Crippen LogP contribution in [-0.4, -0.2) is 25.6 Å². The van der Waals surface area contributed by atoms with Crippen LogP contribution in [0, 0.1) is 12.7 Å². The van der Waals surface area contributed by atoms with Crippen molar-refractivity contribution in [2.75, 3.05) is 13.7 Å². The van der Waals surface area contributed by atoms with E-state index in [2.05, 4.69) is 5.32 Å². The maximum absolute atomic E-state index is 13.5. The molecule has 1 rings (SSSR count). The molecule has 3 N–H and O–H groups in total. The topological polar surface area (TPSA) is 64.3 Å². The highest BCUT2D eigenvalue weighted by Gasteiger charge is 2.13. The molecule has 17 heavy (non-hydrogen) atoms. The van der Waals surface area contributed by atoms with E-state index in [-0.39, 0.29) is 18.2 Å². The summed E-state index contributed by atoms with van der Waals surface area (Å²) in [5, 5.41) is 2.77. The van der Waals surface area contributed by atoms with Gasteiger partial charge in [0.2, 0.25) is 5.91 Å². The monoisotopic (exact) mass is 240 g/mol. The molecule has 1 atom stereocenters. The Morgan fingerprint density at radius 3 is 2.88 bits per heavy atom. The van der Waals surface area contributed by atoms with Gasteiger partial charge >= 0.3 is 0 Å². The number of carbonyl (C=O) groups is 1. The Bertz CT molecular complexity index is 396. The largest absolute Gasteiger partial charge is 0.490 e. The summed E-state index contributed by atoms with van der Waals surface area (Å²) < 4.78 is 18.8.